The lowest BCUT2D eigenvalue weighted by atomic mass is 10.1. The molecule has 1 saturated carbocycles. The molecule has 0 bridgehead atoms. The third kappa shape index (κ3) is 3.05. The summed E-state index contributed by atoms with van der Waals surface area (Å²) in [5.74, 6) is 0. The van der Waals surface area contributed by atoms with Gasteiger partial charge in [-0.15, -0.1) is 0 Å². The zero-order valence-electron chi connectivity index (χ0n) is 10.4. The molecule has 0 amide bonds. The van der Waals surface area contributed by atoms with Crippen molar-refractivity contribution in [3.05, 3.63) is 11.5 Å². The molecule has 7 heteroatoms. The average Bonchev–Trinajstić information content (AvgIpc) is 2.54. The van der Waals surface area contributed by atoms with E-state index in [2.05, 4.69) is 9.71 Å². The van der Waals surface area contributed by atoms with Crippen molar-refractivity contribution in [2.24, 2.45) is 7.05 Å². The second-order valence-electron chi connectivity index (χ2n) is 4.76. The van der Waals surface area contributed by atoms with Gasteiger partial charge >= 0.3 is 0 Å². The van der Waals surface area contributed by atoms with Crippen LogP contribution >= 0.6 is 11.6 Å². The molecule has 5 nitrogen and oxygen atoms in total. The monoisotopic (exact) mass is 291 g/mol. The molecule has 0 atom stereocenters. The van der Waals surface area contributed by atoms with Gasteiger partial charge in [0.2, 0.25) is 5.03 Å². The fraction of sp³-hybridized carbons (Fsp3) is 0.727. The predicted molar refractivity (Wildman–Crippen MR) is 70.0 cm³/mol. The summed E-state index contributed by atoms with van der Waals surface area (Å²) in [7, 11) is -1.93. The lowest BCUT2D eigenvalue weighted by Crippen LogP contribution is -2.34. The standard InChI is InChI=1S/C11H18ClN3O2S/c1-15-8-13-11(10(15)12)18(16,17)14-9-6-4-2-3-5-7-9/h8-9,14H,2-7H2,1H3. The molecule has 18 heavy (non-hydrogen) atoms. The Morgan fingerprint density at radius 2 is 1.94 bits per heavy atom. The van der Waals surface area contributed by atoms with Crippen LogP contribution in [0.5, 0.6) is 0 Å². The van der Waals surface area contributed by atoms with Gasteiger partial charge in [-0.3, -0.25) is 0 Å². The summed E-state index contributed by atoms with van der Waals surface area (Å²) in [4.78, 5) is 3.86. The van der Waals surface area contributed by atoms with Crippen molar-refractivity contribution in [3.8, 4) is 0 Å². The van der Waals surface area contributed by atoms with Gasteiger partial charge in [0.1, 0.15) is 5.15 Å². The van der Waals surface area contributed by atoms with Crippen molar-refractivity contribution in [2.75, 3.05) is 0 Å². The highest BCUT2D eigenvalue weighted by atomic mass is 35.5. The van der Waals surface area contributed by atoms with Gasteiger partial charge in [-0.05, 0) is 12.8 Å². The zero-order chi connectivity index (χ0) is 13.2. The minimum atomic E-state index is -3.60. The SMILES string of the molecule is Cn1cnc(S(=O)(=O)NC2CCCCCC2)c1Cl. The van der Waals surface area contributed by atoms with Gasteiger partial charge in [0.25, 0.3) is 10.0 Å². The maximum absolute atomic E-state index is 12.2. The van der Waals surface area contributed by atoms with Crippen LogP contribution < -0.4 is 4.72 Å². The number of nitrogens with zero attached hydrogens (tertiary/aromatic N) is 2. The second-order valence-corrected chi connectivity index (χ2v) is 6.75. The number of hydrogen-bond acceptors (Lipinski definition) is 3. The van der Waals surface area contributed by atoms with Gasteiger partial charge in [0.15, 0.2) is 0 Å². The normalized spacial score (nSPS) is 18.8. The molecule has 0 saturated heterocycles. The number of imidazole rings is 1. The first-order valence-electron chi connectivity index (χ1n) is 6.20. The highest BCUT2D eigenvalue weighted by Crippen LogP contribution is 2.22. The first kappa shape index (κ1) is 13.8. The van der Waals surface area contributed by atoms with E-state index in [0.29, 0.717) is 0 Å². The Balaban J connectivity index is 2.14. The van der Waals surface area contributed by atoms with Gasteiger partial charge in [-0.25, -0.2) is 18.1 Å². The Kier molecular flexibility index (Phi) is 4.29. The minimum Gasteiger partial charge on any atom is -0.324 e. The number of rotatable bonds is 3. The van der Waals surface area contributed by atoms with Gasteiger partial charge in [-0.1, -0.05) is 37.3 Å². The molecule has 102 valence electrons. The summed E-state index contributed by atoms with van der Waals surface area (Å²) >= 11 is 5.92. The minimum absolute atomic E-state index is 0.00979. The molecule has 1 aromatic rings. The summed E-state index contributed by atoms with van der Waals surface area (Å²) in [6.07, 6.45) is 7.70. The number of hydrogen-bond donors (Lipinski definition) is 1. The molecule has 1 aliphatic carbocycles. The molecule has 0 spiro atoms. The van der Waals surface area contributed by atoms with E-state index >= 15 is 0 Å². The van der Waals surface area contributed by atoms with Crippen LogP contribution in [0.1, 0.15) is 38.5 Å². The smallest absolute Gasteiger partial charge is 0.261 e. The molecule has 0 aliphatic heterocycles. The van der Waals surface area contributed by atoms with Crippen molar-refractivity contribution in [1.82, 2.24) is 14.3 Å². The quantitative estimate of drug-likeness (QED) is 0.867. The summed E-state index contributed by atoms with van der Waals surface area (Å²) in [6, 6.07) is 0.00979. The largest absolute Gasteiger partial charge is 0.324 e. The van der Waals surface area contributed by atoms with E-state index in [1.165, 1.54) is 23.7 Å². The molecule has 1 aromatic heterocycles. The molecule has 1 heterocycles. The molecule has 0 unspecified atom stereocenters. The first-order chi connectivity index (χ1) is 8.50. The van der Waals surface area contributed by atoms with E-state index in [1.54, 1.807) is 7.05 Å². The summed E-state index contributed by atoms with van der Waals surface area (Å²) in [5.41, 5.74) is 0. The number of aryl methyl sites for hydroxylation is 1. The highest BCUT2D eigenvalue weighted by molar-refractivity contribution is 7.89. The molecule has 0 aromatic carbocycles. The van der Waals surface area contributed by atoms with Crippen LogP contribution in [0.3, 0.4) is 0 Å². The van der Waals surface area contributed by atoms with E-state index < -0.39 is 10.0 Å². The Hall–Kier alpha value is -0.590. The van der Waals surface area contributed by atoms with Gasteiger partial charge in [0, 0.05) is 13.1 Å². The maximum Gasteiger partial charge on any atom is 0.261 e. The average molecular weight is 292 g/mol. The third-order valence-electron chi connectivity index (χ3n) is 3.27. The van der Waals surface area contributed by atoms with Gasteiger partial charge < -0.3 is 4.57 Å². The van der Waals surface area contributed by atoms with Gasteiger partial charge in [0.05, 0.1) is 6.33 Å². The van der Waals surface area contributed by atoms with Crippen molar-refractivity contribution < 1.29 is 8.42 Å². The fourth-order valence-electron chi connectivity index (χ4n) is 2.25. The zero-order valence-corrected chi connectivity index (χ0v) is 12.0. The Labute approximate surface area is 113 Å². The van der Waals surface area contributed by atoms with Crippen LogP contribution in [-0.2, 0) is 17.1 Å². The summed E-state index contributed by atoms with van der Waals surface area (Å²) in [6.45, 7) is 0. The van der Waals surface area contributed by atoms with E-state index in [1.807, 2.05) is 0 Å². The van der Waals surface area contributed by atoms with E-state index in [4.69, 9.17) is 11.6 Å². The second kappa shape index (κ2) is 5.59. The molecule has 1 fully saturated rings. The number of aromatic nitrogens is 2. The van der Waals surface area contributed by atoms with Crippen LogP contribution in [-0.4, -0.2) is 24.0 Å². The molecule has 1 aliphatic rings. The van der Waals surface area contributed by atoms with Crippen LogP contribution in [0.2, 0.25) is 5.15 Å². The summed E-state index contributed by atoms with van der Waals surface area (Å²) < 4.78 is 28.6. The van der Waals surface area contributed by atoms with Crippen LogP contribution in [0.4, 0.5) is 0 Å². The van der Waals surface area contributed by atoms with Crippen LogP contribution in [0.15, 0.2) is 11.4 Å². The molecule has 2 rings (SSSR count). The first-order valence-corrected chi connectivity index (χ1v) is 8.06. The van der Waals surface area contributed by atoms with Crippen molar-refractivity contribution in [1.29, 1.82) is 0 Å². The van der Waals surface area contributed by atoms with E-state index in [-0.39, 0.29) is 16.2 Å². The Morgan fingerprint density at radius 3 is 2.44 bits per heavy atom. The van der Waals surface area contributed by atoms with E-state index in [0.717, 1.165) is 25.7 Å². The van der Waals surface area contributed by atoms with Crippen molar-refractivity contribution >= 4 is 21.6 Å². The van der Waals surface area contributed by atoms with Crippen LogP contribution in [0.25, 0.3) is 0 Å². The Bertz CT molecular complexity index is 504. The van der Waals surface area contributed by atoms with E-state index in [9.17, 15) is 8.42 Å². The van der Waals surface area contributed by atoms with Gasteiger partial charge in [-0.2, -0.15) is 0 Å². The third-order valence-corrected chi connectivity index (χ3v) is 5.28. The van der Waals surface area contributed by atoms with Crippen molar-refractivity contribution in [3.63, 3.8) is 0 Å². The van der Waals surface area contributed by atoms with Crippen molar-refractivity contribution in [2.45, 2.75) is 49.6 Å². The number of sulfonamides is 1. The lowest BCUT2D eigenvalue weighted by Gasteiger charge is -2.15. The highest BCUT2D eigenvalue weighted by Gasteiger charge is 2.26. The Morgan fingerprint density at radius 1 is 1.33 bits per heavy atom. The van der Waals surface area contributed by atoms with Crippen LogP contribution in [0, 0.1) is 0 Å². The molecule has 0 radical (unpaired) electrons. The number of nitrogens with one attached hydrogen (secondary N) is 1. The molecular weight excluding hydrogens is 274 g/mol. The summed E-state index contributed by atoms with van der Waals surface area (Å²) in [5, 5.41) is 0.0760. The molecule has 1 N–H and O–H groups in total. The fourth-order valence-corrected chi connectivity index (χ4v) is 3.98. The predicted octanol–water partition coefficient (Wildman–Crippen LogP) is 2.07. The number of halogens is 1. The topological polar surface area (TPSA) is 64.0 Å². The maximum atomic E-state index is 12.2. The molecular formula is C11H18ClN3O2S. The lowest BCUT2D eigenvalue weighted by molar-refractivity contribution is 0.508.